The zero-order valence-electron chi connectivity index (χ0n) is 6.57. The molecule has 0 N–H and O–H groups in total. The summed E-state index contributed by atoms with van der Waals surface area (Å²) in [6, 6.07) is -0.672. The molecule has 1 atom stereocenters. The van der Waals surface area contributed by atoms with Crippen LogP contribution in [-0.4, -0.2) is 24.0 Å². The Hall–Kier alpha value is -1.13. The smallest absolute Gasteiger partial charge is 0.305 e. The van der Waals surface area contributed by atoms with Crippen LogP contribution in [0, 0.1) is 10.1 Å². The maximum atomic E-state index is 10.5. The number of carbonyl (C=O) groups excluding carboxylic acids is 1. The Labute approximate surface area is 64.5 Å². The molecule has 0 saturated carbocycles. The largest absolute Gasteiger partial charge is 0.469 e. The number of hydrogen-bond acceptors (Lipinski definition) is 4. The monoisotopic (exact) mass is 161 g/mol. The van der Waals surface area contributed by atoms with Gasteiger partial charge in [0, 0.05) is 18.3 Å². The Morgan fingerprint density at radius 3 is 2.64 bits per heavy atom. The second kappa shape index (κ2) is 4.65. The average Bonchev–Trinajstić information content (AvgIpc) is 1.99. The minimum atomic E-state index is -0.672. The van der Waals surface area contributed by atoms with E-state index in [1.807, 2.05) is 0 Å². The lowest BCUT2D eigenvalue weighted by Gasteiger charge is -2.01. The van der Waals surface area contributed by atoms with Crippen LogP contribution in [0.5, 0.6) is 0 Å². The third-order valence-corrected chi connectivity index (χ3v) is 1.35. The number of ether oxygens (including phenoxy) is 1. The van der Waals surface area contributed by atoms with Gasteiger partial charge in [-0.05, 0) is 0 Å². The molecule has 11 heavy (non-hydrogen) atoms. The first kappa shape index (κ1) is 9.87. The van der Waals surface area contributed by atoms with Crippen molar-refractivity contribution in [2.24, 2.45) is 0 Å². The Bertz CT molecular complexity index is 157. The predicted molar refractivity (Wildman–Crippen MR) is 37.7 cm³/mol. The summed E-state index contributed by atoms with van der Waals surface area (Å²) in [4.78, 5) is 20.1. The Morgan fingerprint density at radius 2 is 2.27 bits per heavy atom. The topological polar surface area (TPSA) is 69.4 Å². The van der Waals surface area contributed by atoms with E-state index in [0.29, 0.717) is 0 Å². The molecule has 0 unspecified atom stereocenters. The molecular formula is C6H11NO4. The van der Waals surface area contributed by atoms with Crippen molar-refractivity contribution >= 4 is 5.97 Å². The quantitative estimate of drug-likeness (QED) is 0.344. The van der Waals surface area contributed by atoms with Crippen LogP contribution >= 0.6 is 0 Å². The molecule has 0 aliphatic heterocycles. The van der Waals surface area contributed by atoms with Gasteiger partial charge < -0.3 is 4.74 Å². The molecule has 5 heteroatoms. The normalized spacial score (nSPS) is 12.2. The zero-order chi connectivity index (χ0) is 8.85. The molecule has 0 aromatic rings. The first-order valence-electron chi connectivity index (χ1n) is 3.28. The van der Waals surface area contributed by atoms with Gasteiger partial charge in [0.25, 0.3) is 0 Å². The maximum absolute atomic E-state index is 10.5. The van der Waals surface area contributed by atoms with Gasteiger partial charge in [0.15, 0.2) is 0 Å². The Balaban J connectivity index is 3.54. The molecule has 5 nitrogen and oxygen atoms in total. The second-order valence-electron chi connectivity index (χ2n) is 2.25. The molecule has 0 aliphatic carbocycles. The highest BCUT2D eigenvalue weighted by molar-refractivity contribution is 5.69. The van der Waals surface area contributed by atoms with Crippen molar-refractivity contribution in [2.75, 3.05) is 7.11 Å². The van der Waals surface area contributed by atoms with Crippen LogP contribution in [0.4, 0.5) is 0 Å². The van der Waals surface area contributed by atoms with E-state index in [-0.39, 0.29) is 12.8 Å². The van der Waals surface area contributed by atoms with Crippen LogP contribution in [0.25, 0.3) is 0 Å². The van der Waals surface area contributed by atoms with E-state index in [9.17, 15) is 14.9 Å². The van der Waals surface area contributed by atoms with Crippen molar-refractivity contribution in [2.45, 2.75) is 25.8 Å². The van der Waals surface area contributed by atoms with E-state index in [4.69, 9.17) is 0 Å². The molecule has 0 heterocycles. The minimum absolute atomic E-state index is 0.110. The van der Waals surface area contributed by atoms with Crippen LogP contribution in [0.1, 0.15) is 19.8 Å². The lowest BCUT2D eigenvalue weighted by Crippen LogP contribution is -2.16. The van der Waals surface area contributed by atoms with E-state index < -0.39 is 16.9 Å². The number of nitrogens with zero attached hydrogens (tertiary/aromatic N) is 1. The second-order valence-corrected chi connectivity index (χ2v) is 2.25. The Kier molecular flexibility index (Phi) is 4.17. The SMILES string of the molecule is COC(=O)CC[C@H](C)[N+](=O)[O-]. The van der Waals surface area contributed by atoms with Crippen LogP contribution in [0.2, 0.25) is 0 Å². The summed E-state index contributed by atoms with van der Waals surface area (Å²) >= 11 is 0. The van der Waals surface area contributed by atoms with Gasteiger partial charge in [0.2, 0.25) is 6.04 Å². The summed E-state index contributed by atoms with van der Waals surface area (Å²) in [5, 5.41) is 10.1. The summed E-state index contributed by atoms with van der Waals surface area (Å²) in [6.07, 6.45) is 0.346. The van der Waals surface area contributed by atoms with Crippen molar-refractivity contribution in [3.63, 3.8) is 0 Å². The van der Waals surface area contributed by atoms with Gasteiger partial charge in [-0.3, -0.25) is 14.9 Å². The van der Waals surface area contributed by atoms with Gasteiger partial charge in [-0.25, -0.2) is 0 Å². The van der Waals surface area contributed by atoms with Crippen LogP contribution in [-0.2, 0) is 9.53 Å². The maximum Gasteiger partial charge on any atom is 0.305 e. The first-order valence-corrected chi connectivity index (χ1v) is 3.28. The fraction of sp³-hybridized carbons (Fsp3) is 0.833. The number of rotatable bonds is 4. The molecule has 0 aliphatic rings. The van der Waals surface area contributed by atoms with Crippen molar-refractivity contribution < 1.29 is 14.5 Å². The van der Waals surface area contributed by atoms with Crippen LogP contribution in [0.15, 0.2) is 0 Å². The fourth-order valence-corrected chi connectivity index (χ4v) is 0.534. The fourth-order valence-electron chi connectivity index (χ4n) is 0.534. The van der Waals surface area contributed by atoms with Crippen molar-refractivity contribution in [3.05, 3.63) is 10.1 Å². The highest BCUT2D eigenvalue weighted by Crippen LogP contribution is 2.00. The lowest BCUT2D eigenvalue weighted by molar-refractivity contribution is -0.518. The van der Waals surface area contributed by atoms with E-state index >= 15 is 0 Å². The average molecular weight is 161 g/mol. The Morgan fingerprint density at radius 1 is 1.73 bits per heavy atom. The van der Waals surface area contributed by atoms with Crippen molar-refractivity contribution in [1.29, 1.82) is 0 Å². The lowest BCUT2D eigenvalue weighted by atomic mass is 10.2. The van der Waals surface area contributed by atoms with Gasteiger partial charge in [0.1, 0.15) is 0 Å². The standard InChI is InChI=1S/C6H11NO4/c1-5(7(9)10)3-4-6(8)11-2/h5H,3-4H2,1-2H3/t5-/m0/s1. The molecule has 0 spiro atoms. The molecule has 0 aromatic carbocycles. The number of esters is 1. The molecule has 64 valence electrons. The third kappa shape index (κ3) is 4.30. The number of nitro groups is 1. The highest BCUT2D eigenvalue weighted by Gasteiger charge is 2.14. The number of hydrogen-bond donors (Lipinski definition) is 0. The van der Waals surface area contributed by atoms with Crippen LogP contribution in [0.3, 0.4) is 0 Å². The summed E-state index contributed by atoms with van der Waals surface area (Å²) in [6.45, 7) is 1.46. The van der Waals surface area contributed by atoms with E-state index in [0.717, 1.165) is 0 Å². The van der Waals surface area contributed by atoms with Gasteiger partial charge in [0.05, 0.1) is 13.5 Å². The van der Waals surface area contributed by atoms with Gasteiger partial charge in [-0.1, -0.05) is 0 Å². The van der Waals surface area contributed by atoms with Crippen molar-refractivity contribution in [1.82, 2.24) is 0 Å². The van der Waals surface area contributed by atoms with E-state index in [1.165, 1.54) is 14.0 Å². The molecule has 0 fully saturated rings. The number of carbonyl (C=O) groups is 1. The molecule has 0 aromatic heterocycles. The molecule has 0 rings (SSSR count). The van der Waals surface area contributed by atoms with E-state index in [2.05, 4.69) is 4.74 Å². The van der Waals surface area contributed by atoms with Gasteiger partial charge in [-0.15, -0.1) is 0 Å². The molecule has 0 saturated heterocycles. The highest BCUT2D eigenvalue weighted by atomic mass is 16.6. The predicted octanol–water partition coefficient (Wildman–Crippen LogP) is 0.605. The van der Waals surface area contributed by atoms with E-state index in [1.54, 1.807) is 0 Å². The minimum Gasteiger partial charge on any atom is -0.469 e. The van der Waals surface area contributed by atoms with Gasteiger partial charge in [-0.2, -0.15) is 0 Å². The summed E-state index contributed by atoms with van der Waals surface area (Å²) in [5.74, 6) is -0.404. The molecule has 0 bridgehead atoms. The first-order chi connectivity index (χ1) is 5.07. The molecule has 0 radical (unpaired) electrons. The summed E-state index contributed by atoms with van der Waals surface area (Å²) < 4.78 is 4.32. The zero-order valence-corrected chi connectivity index (χ0v) is 6.57. The third-order valence-electron chi connectivity index (χ3n) is 1.35. The molecule has 0 amide bonds. The van der Waals surface area contributed by atoms with Crippen LogP contribution < -0.4 is 0 Å². The number of methoxy groups -OCH3 is 1. The van der Waals surface area contributed by atoms with Crippen molar-refractivity contribution in [3.8, 4) is 0 Å². The molecular weight excluding hydrogens is 150 g/mol. The summed E-state index contributed by atoms with van der Waals surface area (Å²) in [5.41, 5.74) is 0. The van der Waals surface area contributed by atoms with Gasteiger partial charge >= 0.3 is 5.97 Å². The summed E-state index contributed by atoms with van der Waals surface area (Å²) in [7, 11) is 1.26.